The smallest absolute Gasteiger partial charge is 0.257 e. The van der Waals surface area contributed by atoms with Gasteiger partial charge in [-0.25, -0.2) is 4.39 Å². The minimum absolute atomic E-state index is 0.153. The first-order valence-electron chi connectivity index (χ1n) is 12.7. The van der Waals surface area contributed by atoms with Gasteiger partial charge in [0, 0.05) is 60.1 Å². The second kappa shape index (κ2) is 9.38. The zero-order valence-corrected chi connectivity index (χ0v) is 21.6. The van der Waals surface area contributed by atoms with E-state index in [0.717, 1.165) is 17.5 Å². The number of piperidine rings is 1. The molecule has 2 saturated heterocycles. The summed E-state index contributed by atoms with van der Waals surface area (Å²) >= 11 is -1.07. The minimum atomic E-state index is -1.07. The molecule has 0 bridgehead atoms. The Bertz CT molecular complexity index is 1380. The van der Waals surface area contributed by atoms with Crippen molar-refractivity contribution in [1.82, 2.24) is 14.2 Å². The summed E-state index contributed by atoms with van der Waals surface area (Å²) in [6, 6.07) is 12.3. The third-order valence-electron chi connectivity index (χ3n) is 8.23. The van der Waals surface area contributed by atoms with Crippen LogP contribution in [0.25, 0.3) is 10.9 Å². The number of aromatic nitrogens is 1. The highest BCUT2D eigenvalue weighted by atomic mass is 32.2. The standard InChI is InChI=1S/C28H29FN4O3S/c1-37(36)33-14-12-32(13-15-33)27(35)23-18-30-24-7-6-20(29)16-22(24)25(23)31-10-8-28(9-11-31)17-19-4-2-3-5-21(19)26(28)34/h2-7,16,18H,8-15,17H2,1H3. The number of piperazine rings is 1. The Hall–Kier alpha value is -3.01. The summed E-state index contributed by atoms with van der Waals surface area (Å²) in [5.74, 6) is -0.315. The summed E-state index contributed by atoms with van der Waals surface area (Å²) in [5.41, 5.74) is 3.29. The molecule has 3 aliphatic rings. The minimum Gasteiger partial charge on any atom is -0.598 e. The largest absolute Gasteiger partial charge is 0.598 e. The van der Waals surface area contributed by atoms with Crippen LogP contribution < -0.4 is 4.90 Å². The van der Waals surface area contributed by atoms with Crippen molar-refractivity contribution in [3.05, 3.63) is 71.2 Å². The molecule has 2 aliphatic heterocycles. The predicted molar refractivity (Wildman–Crippen MR) is 142 cm³/mol. The van der Waals surface area contributed by atoms with Crippen LogP contribution in [0.15, 0.2) is 48.7 Å². The van der Waals surface area contributed by atoms with Crippen LogP contribution in [0.2, 0.25) is 0 Å². The van der Waals surface area contributed by atoms with Gasteiger partial charge in [0.25, 0.3) is 5.91 Å². The number of ketones is 1. The van der Waals surface area contributed by atoms with Crippen LogP contribution >= 0.6 is 0 Å². The van der Waals surface area contributed by atoms with Crippen molar-refractivity contribution < 1.29 is 18.5 Å². The van der Waals surface area contributed by atoms with Gasteiger partial charge in [-0.15, -0.1) is 4.31 Å². The van der Waals surface area contributed by atoms with Gasteiger partial charge in [0.05, 0.1) is 29.9 Å². The Morgan fingerprint density at radius 3 is 2.49 bits per heavy atom. The molecule has 3 aromatic rings. The molecular formula is C28H29FN4O3S. The monoisotopic (exact) mass is 520 g/mol. The topological polar surface area (TPSA) is 79.8 Å². The number of carbonyl (C=O) groups excluding carboxylic acids is 2. The van der Waals surface area contributed by atoms with Crippen molar-refractivity contribution in [3.8, 4) is 0 Å². The van der Waals surface area contributed by atoms with E-state index in [1.54, 1.807) is 23.4 Å². The SMILES string of the molecule is C[S+]([O-])N1CCN(C(=O)c2cnc3ccc(F)cc3c2N2CCC3(CC2)Cc2ccccc2C3=O)CC1. The van der Waals surface area contributed by atoms with E-state index in [-0.39, 0.29) is 17.5 Å². The lowest BCUT2D eigenvalue weighted by atomic mass is 9.75. The number of anilines is 1. The van der Waals surface area contributed by atoms with Gasteiger partial charge in [-0.05, 0) is 43.0 Å². The number of hydrogen-bond acceptors (Lipinski definition) is 6. The molecule has 1 aliphatic carbocycles. The highest BCUT2D eigenvalue weighted by Gasteiger charge is 2.47. The van der Waals surface area contributed by atoms with E-state index in [1.165, 1.54) is 12.1 Å². The second-order valence-electron chi connectivity index (χ2n) is 10.3. The number of carbonyl (C=O) groups is 2. The normalized spacial score (nSPS) is 20.5. The zero-order chi connectivity index (χ0) is 25.7. The fourth-order valence-corrected chi connectivity index (χ4v) is 6.83. The lowest BCUT2D eigenvalue weighted by molar-refractivity contribution is 0.0696. The average Bonchev–Trinajstić information content (AvgIpc) is 3.19. The predicted octanol–water partition coefficient (Wildman–Crippen LogP) is 3.45. The Balaban J connectivity index is 1.31. The van der Waals surface area contributed by atoms with Gasteiger partial charge in [0.15, 0.2) is 5.78 Å². The highest BCUT2D eigenvalue weighted by molar-refractivity contribution is 7.88. The van der Waals surface area contributed by atoms with E-state index < -0.39 is 16.8 Å². The maximum atomic E-state index is 14.4. The number of amides is 1. The number of Topliss-reactive ketones (excluding diaryl/α,β-unsaturated/α-hetero) is 1. The van der Waals surface area contributed by atoms with Crippen LogP contribution in [0, 0.1) is 11.2 Å². The molecule has 2 aromatic carbocycles. The number of halogens is 1. The first kappa shape index (κ1) is 24.3. The molecule has 3 heterocycles. The Morgan fingerprint density at radius 1 is 1.05 bits per heavy atom. The van der Waals surface area contributed by atoms with Crippen molar-refractivity contribution >= 4 is 39.6 Å². The van der Waals surface area contributed by atoms with Gasteiger partial charge < -0.3 is 14.4 Å². The molecular weight excluding hydrogens is 491 g/mol. The molecule has 6 rings (SSSR count). The van der Waals surface area contributed by atoms with E-state index in [0.29, 0.717) is 74.3 Å². The van der Waals surface area contributed by atoms with Crippen molar-refractivity contribution in [2.45, 2.75) is 19.3 Å². The summed E-state index contributed by atoms with van der Waals surface area (Å²) in [7, 11) is 0. The lowest BCUT2D eigenvalue weighted by Gasteiger charge is -2.40. The number of benzene rings is 2. The van der Waals surface area contributed by atoms with E-state index in [1.807, 2.05) is 28.6 Å². The molecule has 0 radical (unpaired) electrons. The molecule has 2 fully saturated rings. The third-order valence-corrected chi connectivity index (χ3v) is 9.32. The zero-order valence-electron chi connectivity index (χ0n) is 20.8. The summed E-state index contributed by atoms with van der Waals surface area (Å²) < 4.78 is 28.1. The van der Waals surface area contributed by atoms with Crippen molar-refractivity contribution in [2.75, 3.05) is 50.4 Å². The summed E-state index contributed by atoms with van der Waals surface area (Å²) in [6.07, 6.45) is 5.34. The van der Waals surface area contributed by atoms with E-state index in [2.05, 4.69) is 9.88 Å². The molecule has 0 N–H and O–H groups in total. The van der Waals surface area contributed by atoms with Gasteiger partial charge in [0.1, 0.15) is 12.1 Å². The summed E-state index contributed by atoms with van der Waals surface area (Å²) in [4.78, 5) is 35.5. The first-order valence-corrected chi connectivity index (χ1v) is 14.2. The van der Waals surface area contributed by atoms with Crippen molar-refractivity contribution in [2.24, 2.45) is 5.41 Å². The van der Waals surface area contributed by atoms with E-state index in [9.17, 15) is 18.5 Å². The fourth-order valence-electron chi connectivity index (χ4n) is 6.16. The van der Waals surface area contributed by atoms with Crippen LogP contribution in [-0.2, 0) is 17.8 Å². The first-order chi connectivity index (χ1) is 17.9. The van der Waals surface area contributed by atoms with E-state index in [4.69, 9.17) is 0 Å². The maximum absolute atomic E-state index is 14.4. The molecule has 9 heteroatoms. The van der Waals surface area contributed by atoms with Gasteiger partial charge >= 0.3 is 0 Å². The lowest BCUT2D eigenvalue weighted by Crippen LogP contribution is -2.50. The van der Waals surface area contributed by atoms with Gasteiger partial charge in [-0.2, -0.15) is 0 Å². The Labute approximate surface area is 218 Å². The molecule has 7 nitrogen and oxygen atoms in total. The number of fused-ring (bicyclic) bond motifs is 2. The molecule has 1 amide bonds. The third kappa shape index (κ3) is 4.19. The molecule has 192 valence electrons. The summed E-state index contributed by atoms with van der Waals surface area (Å²) in [5, 5.41) is 0.608. The molecule has 37 heavy (non-hydrogen) atoms. The number of pyridine rings is 1. The Morgan fingerprint density at radius 2 is 1.78 bits per heavy atom. The van der Waals surface area contributed by atoms with Crippen LogP contribution in [0.5, 0.6) is 0 Å². The Kier molecular flexibility index (Phi) is 6.17. The number of rotatable bonds is 3. The molecule has 1 atom stereocenters. The average molecular weight is 521 g/mol. The van der Waals surface area contributed by atoms with Crippen LogP contribution in [0.4, 0.5) is 10.1 Å². The molecule has 1 spiro atoms. The molecule has 1 aromatic heterocycles. The maximum Gasteiger partial charge on any atom is 0.257 e. The quantitative estimate of drug-likeness (QED) is 0.493. The fraction of sp³-hybridized carbons (Fsp3) is 0.393. The second-order valence-corrected chi connectivity index (χ2v) is 11.6. The molecule has 0 saturated carbocycles. The number of nitrogens with zero attached hydrogens (tertiary/aromatic N) is 4. The van der Waals surface area contributed by atoms with Crippen LogP contribution in [-0.4, -0.2) is 76.0 Å². The van der Waals surface area contributed by atoms with Gasteiger partial charge in [0.2, 0.25) is 0 Å². The molecule has 1 unspecified atom stereocenters. The summed E-state index contributed by atoms with van der Waals surface area (Å²) in [6.45, 7) is 3.20. The highest BCUT2D eigenvalue weighted by Crippen LogP contribution is 2.46. The van der Waals surface area contributed by atoms with Crippen molar-refractivity contribution in [1.29, 1.82) is 0 Å². The van der Waals surface area contributed by atoms with Gasteiger partial charge in [-0.1, -0.05) is 24.3 Å². The van der Waals surface area contributed by atoms with Crippen molar-refractivity contribution in [3.63, 3.8) is 0 Å². The van der Waals surface area contributed by atoms with Gasteiger partial charge in [-0.3, -0.25) is 14.6 Å². The van der Waals surface area contributed by atoms with E-state index >= 15 is 0 Å². The van der Waals surface area contributed by atoms with Crippen LogP contribution in [0.1, 0.15) is 39.1 Å². The number of hydrogen-bond donors (Lipinski definition) is 0. The van der Waals surface area contributed by atoms with Crippen LogP contribution in [0.3, 0.4) is 0 Å².